The first kappa shape index (κ1) is 11.7. The third-order valence-corrected chi connectivity index (χ3v) is 2.69. The van der Waals surface area contributed by atoms with Crippen molar-refractivity contribution < 1.29 is 10.2 Å². The quantitative estimate of drug-likeness (QED) is 0.869. The Hall–Kier alpha value is -0.380. The summed E-state index contributed by atoms with van der Waals surface area (Å²) in [6.45, 7) is 1.86. The Morgan fingerprint density at radius 1 is 1.29 bits per heavy atom. The van der Waals surface area contributed by atoms with Crippen LogP contribution in [0.5, 0.6) is 0 Å². The molecule has 14 heavy (non-hydrogen) atoms. The van der Waals surface area contributed by atoms with E-state index in [1.165, 1.54) is 0 Å². The molecular formula is C11H15BrO2. The van der Waals surface area contributed by atoms with E-state index in [1.807, 2.05) is 31.2 Å². The van der Waals surface area contributed by atoms with Crippen molar-refractivity contribution in [2.75, 3.05) is 0 Å². The summed E-state index contributed by atoms with van der Waals surface area (Å²) in [4.78, 5) is 0. The van der Waals surface area contributed by atoms with Gasteiger partial charge < -0.3 is 10.2 Å². The fourth-order valence-corrected chi connectivity index (χ4v) is 1.76. The summed E-state index contributed by atoms with van der Waals surface area (Å²) in [6.07, 6.45) is -0.229. The third-order valence-electron chi connectivity index (χ3n) is 2.20. The smallest absolute Gasteiger partial charge is 0.0839 e. The van der Waals surface area contributed by atoms with Gasteiger partial charge in [-0.25, -0.2) is 0 Å². The summed E-state index contributed by atoms with van der Waals surface area (Å²) in [5.74, 6) is 0. The van der Waals surface area contributed by atoms with E-state index in [9.17, 15) is 10.2 Å². The van der Waals surface area contributed by atoms with Crippen molar-refractivity contribution in [1.82, 2.24) is 0 Å². The highest BCUT2D eigenvalue weighted by atomic mass is 79.9. The highest BCUT2D eigenvalue weighted by Crippen LogP contribution is 2.14. The van der Waals surface area contributed by atoms with E-state index in [-0.39, 0.29) is 0 Å². The summed E-state index contributed by atoms with van der Waals surface area (Å²) in [7, 11) is 0. The second-order valence-corrected chi connectivity index (χ2v) is 4.29. The lowest BCUT2D eigenvalue weighted by Gasteiger charge is -2.15. The molecule has 0 bridgehead atoms. The molecule has 0 radical (unpaired) electrons. The van der Waals surface area contributed by atoms with Gasteiger partial charge in [-0.15, -0.1) is 0 Å². The number of benzene rings is 1. The fraction of sp³-hybridized carbons (Fsp3) is 0.455. The Labute approximate surface area is 92.7 Å². The number of aliphatic hydroxyl groups is 2. The first-order valence-corrected chi connectivity index (χ1v) is 5.53. The van der Waals surface area contributed by atoms with Gasteiger partial charge in [0.2, 0.25) is 0 Å². The van der Waals surface area contributed by atoms with E-state index < -0.39 is 12.2 Å². The number of rotatable bonds is 4. The van der Waals surface area contributed by atoms with Gasteiger partial charge >= 0.3 is 0 Å². The van der Waals surface area contributed by atoms with E-state index in [2.05, 4.69) is 15.9 Å². The average molecular weight is 259 g/mol. The Bertz CT molecular complexity index is 288. The van der Waals surface area contributed by atoms with Crippen LogP contribution < -0.4 is 0 Å². The molecule has 0 fully saturated rings. The molecule has 0 saturated carbocycles. The molecule has 0 aliphatic carbocycles. The van der Waals surface area contributed by atoms with Gasteiger partial charge in [0.05, 0.1) is 12.2 Å². The van der Waals surface area contributed by atoms with Crippen LogP contribution >= 0.6 is 15.9 Å². The summed E-state index contributed by atoms with van der Waals surface area (Å²) in [5, 5.41) is 19.0. The molecule has 2 unspecified atom stereocenters. The zero-order chi connectivity index (χ0) is 10.6. The Kier molecular flexibility index (Phi) is 4.58. The van der Waals surface area contributed by atoms with Gasteiger partial charge in [0, 0.05) is 10.9 Å². The molecule has 3 heteroatoms. The molecule has 78 valence electrons. The largest absolute Gasteiger partial charge is 0.390 e. The molecule has 0 saturated heterocycles. The first-order valence-electron chi connectivity index (χ1n) is 4.74. The van der Waals surface area contributed by atoms with E-state index in [0.29, 0.717) is 12.8 Å². The SMILES string of the molecule is CCC(O)C(O)Cc1cccc(Br)c1. The first-order chi connectivity index (χ1) is 6.63. The minimum atomic E-state index is -0.672. The summed E-state index contributed by atoms with van der Waals surface area (Å²) < 4.78 is 0.994. The lowest BCUT2D eigenvalue weighted by molar-refractivity contribution is 0.0181. The van der Waals surface area contributed by atoms with Crippen LogP contribution in [0.3, 0.4) is 0 Å². The van der Waals surface area contributed by atoms with Crippen molar-refractivity contribution in [3.63, 3.8) is 0 Å². The van der Waals surface area contributed by atoms with Crippen LogP contribution in [0.15, 0.2) is 28.7 Å². The van der Waals surface area contributed by atoms with Gasteiger partial charge in [0.1, 0.15) is 0 Å². The predicted molar refractivity (Wildman–Crippen MR) is 60.2 cm³/mol. The molecule has 1 aromatic carbocycles. The standard InChI is InChI=1S/C11H15BrO2/c1-2-10(13)11(14)7-8-4-3-5-9(12)6-8/h3-6,10-11,13-14H,2,7H2,1H3. The van der Waals surface area contributed by atoms with Crippen molar-refractivity contribution in [2.45, 2.75) is 32.0 Å². The predicted octanol–water partition coefficient (Wildman–Crippen LogP) is 2.12. The van der Waals surface area contributed by atoms with E-state index in [1.54, 1.807) is 0 Å². The Balaban J connectivity index is 2.60. The van der Waals surface area contributed by atoms with Crippen molar-refractivity contribution in [3.05, 3.63) is 34.3 Å². The number of aliphatic hydroxyl groups excluding tert-OH is 2. The van der Waals surface area contributed by atoms with Crippen molar-refractivity contribution >= 4 is 15.9 Å². The van der Waals surface area contributed by atoms with Gasteiger partial charge in [-0.3, -0.25) is 0 Å². The molecule has 0 heterocycles. The molecule has 2 atom stereocenters. The van der Waals surface area contributed by atoms with Crippen molar-refractivity contribution in [3.8, 4) is 0 Å². The molecular weight excluding hydrogens is 244 g/mol. The molecule has 2 N–H and O–H groups in total. The summed E-state index contributed by atoms with van der Waals surface area (Å²) in [6, 6.07) is 7.75. The molecule has 1 aromatic rings. The maximum absolute atomic E-state index is 9.60. The van der Waals surface area contributed by atoms with E-state index in [0.717, 1.165) is 10.0 Å². The lowest BCUT2D eigenvalue weighted by atomic mass is 10.0. The number of hydrogen-bond donors (Lipinski definition) is 2. The molecule has 0 spiro atoms. The van der Waals surface area contributed by atoms with Crippen molar-refractivity contribution in [2.24, 2.45) is 0 Å². The van der Waals surface area contributed by atoms with Gasteiger partial charge in [-0.2, -0.15) is 0 Å². The lowest BCUT2D eigenvalue weighted by Crippen LogP contribution is -2.27. The van der Waals surface area contributed by atoms with Gasteiger partial charge in [0.25, 0.3) is 0 Å². The molecule has 0 aromatic heterocycles. The third kappa shape index (κ3) is 3.40. The number of hydrogen-bond acceptors (Lipinski definition) is 2. The Morgan fingerprint density at radius 2 is 2.00 bits per heavy atom. The Morgan fingerprint density at radius 3 is 2.57 bits per heavy atom. The molecule has 0 aliphatic rings. The van der Waals surface area contributed by atoms with Gasteiger partial charge in [-0.05, 0) is 24.1 Å². The highest BCUT2D eigenvalue weighted by molar-refractivity contribution is 9.10. The van der Waals surface area contributed by atoms with Crippen LogP contribution in [0, 0.1) is 0 Å². The zero-order valence-corrected chi connectivity index (χ0v) is 9.74. The van der Waals surface area contributed by atoms with Crippen LogP contribution in [-0.4, -0.2) is 22.4 Å². The normalized spacial score (nSPS) is 15.1. The topological polar surface area (TPSA) is 40.5 Å². The maximum atomic E-state index is 9.60. The monoisotopic (exact) mass is 258 g/mol. The minimum Gasteiger partial charge on any atom is -0.390 e. The molecule has 0 amide bonds. The van der Waals surface area contributed by atoms with Crippen LogP contribution in [0.2, 0.25) is 0 Å². The second-order valence-electron chi connectivity index (χ2n) is 3.38. The van der Waals surface area contributed by atoms with Crippen LogP contribution in [-0.2, 0) is 6.42 Å². The number of halogens is 1. The average Bonchev–Trinajstić information content (AvgIpc) is 2.16. The van der Waals surface area contributed by atoms with Crippen LogP contribution in [0.4, 0.5) is 0 Å². The fourth-order valence-electron chi connectivity index (χ4n) is 1.31. The molecule has 2 nitrogen and oxygen atoms in total. The maximum Gasteiger partial charge on any atom is 0.0839 e. The van der Waals surface area contributed by atoms with Crippen molar-refractivity contribution in [1.29, 1.82) is 0 Å². The second kappa shape index (κ2) is 5.49. The summed E-state index contributed by atoms with van der Waals surface area (Å²) >= 11 is 3.36. The van der Waals surface area contributed by atoms with Crippen LogP contribution in [0.25, 0.3) is 0 Å². The molecule has 1 rings (SSSR count). The summed E-state index contributed by atoms with van der Waals surface area (Å²) in [5.41, 5.74) is 1.03. The minimum absolute atomic E-state index is 0.494. The van der Waals surface area contributed by atoms with Gasteiger partial charge in [0.15, 0.2) is 0 Å². The highest BCUT2D eigenvalue weighted by Gasteiger charge is 2.14. The van der Waals surface area contributed by atoms with E-state index in [4.69, 9.17) is 0 Å². The zero-order valence-electron chi connectivity index (χ0n) is 8.15. The van der Waals surface area contributed by atoms with Crippen LogP contribution in [0.1, 0.15) is 18.9 Å². The van der Waals surface area contributed by atoms with E-state index >= 15 is 0 Å². The van der Waals surface area contributed by atoms with Gasteiger partial charge in [-0.1, -0.05) is 35.0 Å². The molecule has 0 aliphatic heterocycles.